The van der Waals surface area contributed by atoms with E-state index in [0.717, 1.165) is 31.9 Å². The Morgan fingerprint density at radius 2 is 2.09 bits per heavy atom. The van der Waals surface area contributed by atoms with E-state index in [1.165, 1.54) is 19.1 Å². The van der Waals surface area contributed by atoms with Crippen LogP contribution in [0.15, 0.2) is 4.42 Å². The molecule has 8 heteroatoms. The van der Waals surface area contributed by atoms with Gasteiger partial charge in [0.1, 0.15) is 9.84 Å². The second-order valence-corrected chi connectivity index (χ2v) is 9.21. The maximum Gasteiger partial charge on any atom is 0.230 e. The zero-order chi connectivity index (χ0) is 16.4. The summed E-state index contributed by atoms with van der Waals surface area (Å²) in [6.07, 6.45) is 5.45. The first-order valence-electron chi connectivity index (χ1n) is 8.33. The van der Waals surface area contributed by atoms with Crippen LogP contribution >= 0.6 is 0 Å². The van der Waals surface area contributed by atoms with Gasteiger partial charge in [0.05, 0.1) is 12.3 Å². The number of hydrogen-bond acceptors (Lipinski definition) is 7. The number of sulfone groups is 1. The second kappa shape index (κ2) is 6.86. The van der Waals surface area contributed by atoms with Crippen LogP contribution in [-0.4, -0.2) is 73.1 Å². The summed E-state index contributed by atoms with van der Waals surface area (Å²) in [6, 6.07) is 0.463. The molecule has 23 heavy (non-hydrogen) atoms. The topological polar surface area (TPSA) is 79.5 Å². The van der Waals surface area contributed by atoms with Crippen LogP contribution in [0, 0.1) is 0 Å². The van der Waals surface area contributed by atoms with Gasteiger partial charge in [0, 0.05) is 24.8 Å². The summed E-state index contributed by atoms with van der Waals surface area (Å²) in [4.78, 5) is 4.61. The van der Waals surface area contributed by atoms with Crippen molar-refractivity contribution in [3.05, 3.63) is 11.8 Å². The third kappa shape index (κ3) is 4.99. The molecule has 0 radical (unpaired) electrons. The highest BCUT2D eigenvalue weighted by Gasteiger charge is 2.30. The van der Waals surface area contributed by atoms with Gasteiger partial charge in [-0.1, -0.05) is 0 Å². The van der Waals surface area contributed by atoms with Crippen LogP contribution in [0.1, 0.15) is 43.4 Å². The summed E-state index contributed by atoms with van der Waals surface area (Å²) in [6.45, 7) is 3.53. The van der Waals surface area contributed by atoms with Crippen molar-refractivity contribution in [3.8, 4) is 0 Å². The molecule has 1 aromatic rings. The predicted molar refractivity (Wildman–Crippen MR) is 86.9 cm³/mol. The van der Waals surface area contributed by atoms with Crippen molar-refractivity contribution in [3.63, 3.8) is 0 Å². The minimum Gasteiger partial charge on any atom is -0.424 e. The van der Waals surface area contributed by atoms with Gasteiger partial charge < -0.3 is 9.32 Å². The number of aromatic nitrogens is 2. The largest absolute Gasteiger partial charge is 0.424 e. The molecule has 0 spiro atoms. The van der Waals surface area contributed by atoms with Crippen LogP contribution in [0.5, 0.6) is 0 Å². The quantitative estimate of drug-likeness (QED) is 0.694. The highest BCUT2D eigenvalue weighted by molar-refractivity contribution is 7.90. The number of nitrogens with zero attached hydrogens (tertiary/aromatic N) is 4. The first-order chi connectivity index (χ1) is 10.9. The zero-order valence-electron chi connectivity index (χ0n) is 13.9. The molecule has 2 aliphatic rings. The Labute approximate surface area is 138 Å². The smallest absolute Gasteiger partial charge is 0.230 e. The number of rotatable bonds is 8. The van der Waals surface area contributed by atoms with Crippen molar-refractivity contribution in [1.29, 1.82) is 0 Å². The van der Waals surface area contributed by atoms with Crippen LogP contribution < -0.4 is 0 Å². The van der Waals surface area contributed by atoms with E-state index in [4.69, 9.17) is 4.42 Å². The maximum absolute atomic E-state index is 11.2. The Bertz CT molecular complexity index is 626. The Morgan fingerprint density at radius 1 is 1.30 bits per heavy atom. The molecule has 0 bridgehead atoms. The van der Waals surface area contributed by atoms with E-state index in [2.05, 4.69) is 27.0 Å². The van der Waals surface area contributed by atoms with Gasteiger partial charge >= 0.3 is 0 Å². The average Bonchev–Trinajstić information content (AvgIpc) is 3.03. The monoisotopic (exact) mass is 342 g/mol. The fraction of sp³-hybridized carbons (Fsp3) is 0.867. The van der Waals surface area contributed by atoms with Crippen molar-refractivity contribution < 1.29 is 12.8 Å². The summed E-state index contributed by atoms with van der Waals surface area (Å²) in [5, 5.41) is 8.27. The molecule has 1 saturated heterocycles. The van der Waals surface area contributed by atoms with Gasteiger partial charge in [-0.05, 0) is 45.8 Å². The fourth-order valence-electron chi connectivity index (χ4n) is 3.09. The summed E-state index contributed by atoms with van der Waals surface area (Å²) in [7, 11) is -0.762. The van der Waals surface area contributed by atoms with Gasteiger partial charge in [-0.3, -0.25) is 4.90 Å². The Morgan fingerprint density at radius 3 is 2.78 bits per heavy atom. The second-order valence-electron chi connectivity index (χ2n) is 6.95. The van der Waals surface area contributed by atoms with Crippen molar-refractivity contribution >= 4 is 9.84 Å². The van der Waals surface area contributed by atoms with E-state index in [1.54, 1.807) is 0 Å². The molecule has 1 aliphatic heterocycles. The van der Waals surface area contributed by atoms with Crippen LogP contribution in [-0.2, 0) is 16.4 Å². The molecule has 0 amide bonds. The van der Waals surface area contributed by atoms with E-state index in [-0.39, 0.29) is 5.75 Å². The Kier molecular flexibility index (Phi) is 5.03. The van der Waals surface area contributed by atoms with Gasteiger partial charge in [-0.2, -0.15) is 0 Å². The van der Waals surface area contributed by atoms with E-state index in [9.17, 15) is 8.42 Å². The predicted octanol–water partition coefficient (Wildman–Crippen LogP) is 0.888. The average molecular weight is 342 g/mol. The molecule has 2 heterocycles. The number of hydrogen-bond donors (Lipinski definition) is 0. The molecule has 1 atom stereocenters. The SMILES string of the molecule is CN(Cc1nnc(C2CC2)o1)C1CCN(CCCS(C)(=O)=O)C1. The van der Waals surface area contributed by atoms with Gasteiger partial charge in [-0.25, -0.2) is 8.42 Å². The summed E-state index contributed by atoms with van der Waals surface area (Å²) in [5.41, 5.74) is 0. The lowest BCUT2D eigenvalue weighted by molar-refractivity contribution is 0.205. The highest BCUT2D eigenvalue weighted by Crippen LogP contribution is 2.39. The molecule has 2 fully saturated rings. The molecule has 0 N–H and O–H groups in total. The van der Waals surface area contributed by atoms with Crippen LogP contribution in [0.25, 0.3) is 0 Å². The van der Waals surface area contributed by atoms with Crippen LogP contribution in [0.2, 0.25) is 0 Å². The highest BCUT2D eigenvalue weighted by atomic mass is 32.2. The Hall–Kier alpha value is -0.990. The maximum atomic E-state index is 11.2. The van der Waals surface area contributed by atoms with Crippen molar-refractivity contribution in [1.82, 2.24) is 20.0 Å². The lowest BCUT2D eigenvalue weighted by Gasteiger charge is -2.23. The van der Waals surface area contributed by atoms with Gasteiger partial charge in [0.15, 0.2) is 0 Å². The van der Waals surface area contributed by atoms with Crippen molar-refractivity contribution in [2.24, 2.45) is 0 Å². The minimum atomic E-state index is -2.85. The van der Waals surface area contributed by atoms with Crippen molar-refractivity contribution in [2.75, 3.05) is 38.7 Å². The molecular formula is C15H26N4O3S. The van der Waals surface area contributed by atoms with Gasteiger partial charge in [0.25, 0.3) is 0 Å². The lowest BCUT2D eigenvalue weighted by Crippen LogP contribution is -2.34. The molecule has 3 rings (SSSR count). The molecule has 7 nitrogen and oxygen atoms in total. The van der Waals surface area contributed by atoms with E-state index >= 15 is 0 Å². The number of likely N-dealkylation sites (tertiary alicyclic amines) is 1. The van der Waals surface area contributed by atoms with Crippen molar-refractivity contribution in [2.45, 2.75) is 44.2 Å². The van der Waals surface area contributed by atoms with E-state index < -0.39 is 9.84 Å². The normalized spacial score (nSPS) is 23.0. The standard InChI is InChI=1S/C15H26N4O3S/c1-18(11-14-16-17-15(22-14)12-4-5-12)13-6-8-19(10-13)7-3-9-23(2,20)21/h12-13H,3-11H2,1-2H3. The summed E-state index contributed by atoms with van der Waals surface area (Å²) >= 11 is 0. The molecule has 0 aromatic carbocycles. The van der Waals surface area contributed by atoms with E-state index in [0.29, 0.717) is 30.8 Å². The van der Waals surface area contributed by atoms with E-state index in [1.807, 2.05) is 0 Å². The van der Waals surface area contributed by atoms with Crippen LogP contribution in [0.4, 0.5) is 0 Å². The lowest BCUT2D eigenvalue weighted by atomic mass is 10.2. The van der Waals surface area contributed by atoms with Gasteiger partial charge in [0.2, 0.25) is 11.8 Å². The third-order valence-corrected chi connectivity index (χ3v) is 5.68. The molecular weight excluding hydrogens is 316 g/mol. The first kappa shape index (κ1) is 16.9. The molecule has 1 unspecified atom stereocenters. The first-order valence-corrected chi connectivity index (χ1v) is 10.4. The minimum absolute atomic E-state index is 0.274. The Balaban J connectivity index is 1.42. The molecule has 1 aromatic heterocycles. The summed E-state index contributed by atoms with van der Waals surface area (Å²) < 4.78 is 28.1. The molecule has 130 valence electrons. The molecule has 1 aliphatic carbocycles. The number of likely N-dealkylation sites (N-methyl/N-ethyl adjacent to an activating group) is 1. The third-order valence-electron chi connectivity index (χ3n) is 4.65. The molecule has 1 saturated carbocycles. The van der Waals surface area contributed by atoms with Crippen LogP contribution in [0.3, 0.4) is 0 Å². The summed E-state index contributed by atoms with van der Waals surface area (Å²) in [5.74, 6) is 2.26. The zero-order valence-corrected chi connectivity index (χ0v) is 14.8. The van der Waals surface area contributed by atoms with Gasteiger partial charge in [-0.15, -0.1) is 10.2 Å². The fourth-order valence-corrected chi connectivity index (χ4v) is 3.75.